The number of allylic oxidation sites excluding steroid dienone is 1. The van der Waals surface area contributed by atoms with Gasteiger partial charge in [0.1, 0.15) is 11.6 Å². The Morgan fingerprint density at radius 3 is 2.23 bits per heavy atom. The van der Waals surface area contributed by atoms with E-state index in [9.17, 15) is 9.90 Å². The largest absolute Gasteiger partial charge is 0.512 e. The van der Waals surface area contributed by atoms with Gasteiger partial charge in [-0.3, -0.25) is 10.2 Å². The fourth-order valence-electron chi connectivity index (χ4n) is 0.579. The van der Waals surface area contributed by atoms with E-state index in [1.807, 2.05) is 20.8 Å². The predicted octanol–water partition coefficient (Wildman–Crippen LogP) is 1.59. The van der Waals surface area contributed by atoms with Crippen molar-refractivity contribution in [3.63, 3.8) is 0 Å². The molecule has 0 aliphatic carbocycles. The summed E-state index contributed by atoms with van der Waals surface area (Å²) in [6, 6.07) is 0. The van der Waals surface area contributed by atoms with Gasteiger partial charge in [-0.15, -0.1) is 0 Å². The maximum absolute atomic E-state index is 10.5. The van der Waals surface area contributed by atoms with E-state index in [1.54, 1.807) is 0 Å². The van der Waals surface area contributed by atoms with E-state index in [4.69, 9.17) is 5.41 Å². The average Bonchev–Trinajstić information content (AvgIpc) is 1.82. The van der Waals surface area contributed by atoms with E-state index in [1.165, 1.54) is 13.0 Å². The summed E-state index contributed by atoms with van der Waals surface area (Å²) < 4.78 is 0. The zero-order chi connectivity index (χ0) is 10.6. The van der Waals surface area contributed by atoms with Crippen LogP contribution in [0, 0.1) is 10.8 Å². The van der Waals surface area contributed by atoms with Crippen molar-refractivity contribution in [1.29, 1.82) is 5.41 Å². The van der Waals surface area contributed by atoms with Crippen LogP contribution in [-0.2, 0) is 4.79 Å². The van der Waals surface area contributed by atoms with Crippen molar-refractivity contribution in [3.05, 3.63) is 11.8 Å². The maximum atomic E-state index is 10.5. The number of amidine groups is 1. The van der Waals surface area contributed by atoms with Crippen molar-refractivity contribution >= 4 is 11.7 Å². The highest BCUT2D eigenvalue weighted by molar-refractivity contribution is 6.01. The van der Waals surface area contributed by atoms with Crippen molar-refractivity contribution < 1.29 is 9.90 Å². The predicted molar refractivity (Wildman–Crippen MR) is 51.7 cm³/mol. The van der Waals surface area contributed by atoms with Gasteiger partial charge >= 0.3 is 0 Å². The minimum Gasteiger partial charge on any atom is -0.512 e. The van der Waals surface area contributed by atoms with Crippen molar-refractivity contribution in [3.8, 4) is 0 Å². The first kappa shape index (κ1) is 11.7. The van der Waals surface area contributed by atoms with Crippen LogP contribution >= 0.6 is 0 Å². The molecular formula is C9H16N2O2. The van der Waals surface area contributed by atoms with Gasteiger partial charge in [0.2, 0.25) is 5.91 Å². The van der Waals surface area contributed by atoms with Gasteiger partial charge in [0.25, 0.3) is 0 Å². The summed E-state index contributed by atoms with van der Waals surface area (Å²) in [6.07, 6.45) is 1.24. The molecule has 0 spiro atoms. The van der Waals surface area contributed by atoms with Crippen LogP contribution in [0.25, 0.3) is 0 Å². The normalized spacial score (nSPS) is 12.5. The topological polar surface area (TPSA) is 73.2 Å². The lowest BCUT2D eigenvalue weighted by atomic mass is 9.93. The van der Waals surface area contributed by atoms with Crippen molar-refractivity contribution in [2.75, 3.05) is 0 Å². The summed E-state index contributed by atoms with van der Waals surface area (Å²) in [5, 5.41) is 19.0. The summed E-state index contributed by atoms with van der Waals surface area (Å²) in [5.41, 5.74) is -0.398. The van der Waals surface area contributed by atoms with Gasteiger partial charge in [-0.2, -0.15) is 0 Å². The Bertz CT molecular complexity index is 249. The SMILES string of the molecule is CC(=O)NC(=N)/C=C(\O)C(C)(C)C. The average molecular weight is 184 g/mol. The Labute approximate surface area is 78.2 Å². The first-order valence-electron chi connectivity index (χ1n) is 4.01. The fourth-order valence-corrected chi connectivity index (χ4v) is 0.579. The first-order chi connectivity index (χ1) is 5.73. The molecule has 0 heterocycles. The lowest BCUT2D eigenvalue weighted by molar-refractivity contribution is -0.117. The quantitative estimate of drug-likeness (QED) is 0.329. The number of carbonyl (C=O) groups is 1. The van der Waals surface area contributed by atoms with Crippen LogP contribution in [0.4, 0.5) is 0 Å². The van der Waals surface area contributed by atoms with Gasteiger partial charge in [-0.1, -0.05) is 20.8 Å². The van der Waals surface area contributed by atoms with E-state index in [0.29, 0.717) is 0 Å². The van der Waals surface area contributed by atoms with E-state index in [2.05, 4.69) is 5.32 Å². The van der Waals surface area contributed by atoms with Gasteiger partial charge in [0, 0.05) is 18.4 Å². The number of aliphatic hydroxyl groups is 1. The van der Waals surface area contributed by atoms with E-state index < -0.39 is 5.41 Å². The molecule has 0 aliphatic heterocycles. The van der Waals surface area contributed by atoms with Gasteiger partial charge < -0.3 is 10.4 Å². The third-order valence-electron chi connectivity index (χ3n) is 1.36. The summed E-state index contributed by atoms with van der Waals surface area (Å²) in [4.78, 5) is 10.5. The molecule has 4 heteroatoms. The molecule has 0 saturated heterocycles. The molecule has 0 rings (SSSR count). The molecule has 0 aromatic carbocycles. The fraction of sp³-hybridized carbons (Fsp3) is 0.556. The number of hydrogen-bond donors (Lipinski definition) is 3. The minimum atomic E-state index is -0.398. The molecule has 0 atom stereocenters. The second-order valence-electron chi connectivity index (χ2n) is 3.87. The molecule has 0 saturated carbocycles. The van der Waals surface area contributed by atoms with Gasteiger partial charge in [0.15, 0.2) is 0 Å². The zero-order valence-corrected chi connectivity index (χ0v) is 8.43. The molecule has 0 unspecified atom stereocenters. The lowest BCUT2D eigenvalue weighted by Crippen LogP contribution is -2.26. The minimum absolute atomic E-state index is 0.0752. The highest BCUT2D eigenvalue weighted by Crippen LogP contribution is 2.21. The molecule has 74 valence electrons. The number of aliphatic hydroxyl groups excluding tert-OH is 1. The summed E-state index contributed by atoms with van der Waals surface area (Å²) in [7, 11) is 0. The molecule has 0 radical (unpaired) electrons. The number of amides is 1. The monoisotopic (exact) mass is 184 g/mol. The van der Waals surface area contributed by atoms with Crippen LogP contribution < -0.4 is 5.32 Å². The van der Waals surface area contributed by atoms with Crippen molar-refractivity contribution in [2.24, 2.45) is 5.41 Å². The van der Waals surface area contributed by atoms with Crippen LogP contribution in [0.15, 0.2) is 11.8 Å². The molecule has 0 fully saturated rings. The highest BCUT2D eigenvalue weighted by Gasteiger charge is 2.16. The number of hydrogen-bond acceptors (Lipinski definition) is 3. The Morgan fingerprint density at radius 2 is 1.92 bits per heavy atom. The summed E-state index contributed by atoms with van der Waals surface area (Å²) >= 11 is 0. The van der Waals surface area contributed by atoms with Gasteiger partial charge in [0.05, 0.1) is 0 Å². The van der Waals surface area contributed by atoms with Crippen LogP contribution in [0.2, 0.25) is 0 Å². The Morgan fingerprint density at radius 1 is 1.46 bits per heavy atom. The maximum Gasteiger partial charge on any atom is 0.222 e. The second-order valence-corrected chi connectivity index (χ2v) is 3.87. The molecule has 13 heavy (non-hydrogen) atoms. The smallest absolute Gasteiger partial charge is 0.222 e. The summed E-state index contributed by atoms with van der Waals surface area (Å²) in [5.74, 6) is -0.339. The Kier molecular flexibility index (Phi) is 3.66. The first-order valence-corrected chi connectivity index (χ1v) is 4.01. The molecule has 3 N–H and O–H groups in total. The number of nitrogens with one attached hydrogen (secondary N) is 2. The Hall–Kier alpha value is -1.32. The van der Waals surface area contributed by atoms with Crippen molar-refractivity contribution in [1.82, 2.24) is 5.32 Å². The third kappa shape index (κ3) is 5.00. The number of rotatable bonds is 1. The second kappa shape index (κ2) is 4.07. The van der Waals surface area contributed by atoms with E-state index in [-0.39, 0.29) is 17.5 Å². The van der Waals surface area contributed by atoms with Gasteiger partial charge in [-0.25, -0.2) is 0 Å². The standard InChI is InChI=1S/C9H16N2O2/c1-6(12)11-8(10)5-7(13)9(2,3)4/h5,13H,1-4H3,(H2,10,11,12)/b7-5-. The van der Waals surface area contributed by atoms with Gasteiger partial charge in [-0.05, 0) is 0 Å². The molecular weight excluding hydrogens is 168 g/mol. The van der Waals surface area contributed by atoms with Crippen LogP contribution in [0.1, 0.15) is 27.7 Å². The molecule has 0 bridgehead atoms. The summed E-state index contributed by atoms with van der Waals surface area (Å²) in [6.45, 7) is 6.77. The zero-order valence-electron chi connectivity index (χ0n) is 8.43. The molecule has 4 nitrogen and oxygen atoms in total. The van der Waals surface area contributed by atoms with Crippen LogP contribution in [-0.4, -0.2) is 16.8 Å². The molecule has 1 amide bonds. The third-order valence-corrected chi connectivity index (χ3v) is 1.36. The molecule has 0 aliphatic rings. The molecule has 0 aromatic heterocycles. The Balaban J connectivity index is 4.40. The molecule has 0 aromatic rings. The van der Waals surface area contributed by atoms with Crippen LogP contribution in [0.5, 0.6) is 0 Å². The highest BCUT2D eigenvalue weighted by atomic mass is 16.3. The van der Waals surface area contributed by atoms with Crippen LogP contribution in [0.3, 0.4) is 0 Å². The van der Waals surface area contributed by atoms with Crippen molar-refractivity contribution in [2.45, 2.75) is 27.7 Å². The van der Waals surface area contributed by atoms with E-state index in [0.717, 1.165) is 0 Å². The van der Waals surface area contributed by atoms with E-state index >= 15 is 0 Å². The lowest BCUT2D eigenvalue weighted by Gasteiger charge is -2.17. The number of carbonyl (C=O) groups excluding carboxylic acids is 1.